The lowest BCUT2D eigenvalue weighted by atomic mass is 10.3. The van der Waals surface area contributed by atoms with E-state index in [2.05, 4.69) is 0 Å². The highest BCUT2D eigenvalue weighted by molar-refractivity contribution is 6.01. The van der Waals surface area contributed by atoms with Gasteiger partial charge in [0.15, 0.2) is 11.1 Å². The number of imide groups is 1. The Balaban J connectivity index is 2.99. The van der Waals surface area contributed by atoms with Gasteiger partial charge in [-0.25, -0.2) is 14.9 Å². The number of rotatable bonds is 1. The molecule has 0 saturated carbocycles. The predicted molar refractivity (Wildman–Crippen MR) is 32.3 cm³/mol. The van der Waals surface area contributed by atoms with Crippen molar-refractivity contribution in [2.24, 2.45) is 0 Å². The summed E-state index contributed by atoms with van der Waals surface area (Å²) in [6.07, 6.45) is 0. The number of nitrogens with zero attached hydrogens (tertiary/aromatic N) is 3. The summed E-state index contributed by atoms with van der Waals surface area (Å²) in [5.74, 6) is -1.00. The van der Waals surface area contributed by atoms with Crippen LogP contribution in [0.15, 0.2) is 0 Å². The third-order valence-electron chi connectivity index (χ3n) is 1.49. The van der Waals surface area contributed by atoms with Crippen molar-refractivity contribution in [1.29, 1.82) is 0 Å². The molecule has 1 N–H and O–H groups in total. The number of hydrogen-bond donors (Lipinski definition) is 1. The van der Waals surface area contributed by atoms with Gasteiger partial charge in [-0.1, -0.05) is 0 Å². The van der Waals surface area contributed by atoms with Crippen LogP contribution in [0, 0.1) is 10.1 Å². The van der Waals surface area contributed by atoms with Gasteiger partial charge in [0.05, 0.1) is 0 Å². The summed E-state index contributed by atoms with van der Waals surface area (Å²) >= 11 is 0. The van der Waals surface area contributed by atoms with E-state index in [-0.39, 0.29) is 10.1 Å². The van der Waals surface area contributed by atoms with E-state index in [9.17, 15) is 19.7 Å². The molecule has 3 amide bonds. The molecule has 1 aliphatic heterocycles. The van der Waals surface area contributed by atoms with Gasteiger partial charge in [0.25, 0.3) is 5.91 Å². The second kappa shape index (κ2) is 2.41. The Bertz CT molecular complexity index is 263. The molecule has 0 aromatic heterocycles. The van der Waals surface area contributed by atoms with Gasteiger partial charge in [-0.05, 0) is 11.9 Å². The Hall–Kier alpha value is -1.70. The van der Waals surface area contributed by atoms with E-state index in [0.29, 0.717) is 0 Å². The van der Waals surface area contributed by atoms with E-state index < -0.39 is 23.0 Å². The minimum atomic E-state index is -1.34. The Morgan fingerprint density at radius 2 is 2.08 bits per heavy atom. The third-order valence-corrected chi connectivity index (χ3v) is 1.49. The van der Waals surface area contributed by atoms with E-state index in [1.165, 1.54) is 0 Å². The molecule has 1 atom stereocenters. The van der Waals surface area contributed by atoms with Gasteiger partial charge in [-0.2, -0.15) is 0 Å². The highest BCUT2D eigenvalue weighted by atomic mass is 16.7. The van der Waals surface area contributed by atoms with Gasteiger partial charge in [-0.3, -0.25) is 10.0 Å². The van der Waals surface area contributed by atoms with Crippen LogP contribution >= 0.6 is 0 Å². The lowest BCUT2D eigenvalue weighted by Crippen LogP contribution is -2.38. The van der Waals surface area contributed by atoms with Gasteiger partial charge in [0.2, 0.25) is 0 Å². The number of urea groups is 1. The fraction of sp³-hybridized carbons (Fsp3) is 0.500. The molecule has 0 aromatic carbocycles. The number of carbonyl (C=O) groups is 2. The van der Waals surface area contributed by atoms with Crippen LogP contribution in [0.4, 0.5) is 4.79 Å². The van der Waals surface area contributed by atoms with E-state index in [1.807, 2.05) is 0 Å². The molecule has 8 nitrogen and oxygen atoms in total. The van der Waals surface area contributed by atoms with E-state index in [0.717, 1.165) is 6.92 Å². The van der Waals surface area contributed by atoms with E-state index in [1.54, 1.807) is 0 Å². The van der Waals surface area contributed by atoms with Crippen molar-refractivity contribution in [3.05, 3.63) is 10.1 Å². The van der Waals surface area contributed by atoms with Crippen molar-refractivity contribution >= 4 is 11.9 Å². The monoisotopic (exact) mass is 175 g/mol. The zero-order valence-corrected chi connectivity index (χ0v) is 6.00. The third kappa shape index (κ3) is 0.889. The van der Waals surface area contributed by atoms with Crippen LogP contribution in [0.5, 0.6) is 0 Å². The number of carbonyl (C=O) groups excluding carboxylic acids is 2. The second-order valence-electron chi connectivity index (χ2n) is 2.19. The first-order valence-electron chi connectivity index (χ1n) is 2.97. The molecule has 0 aliphatic carbocycles. The maximum Gasteiger partial charge on any atom is 0.409 e. The fourth-order valence-corrected chi connectivity index (χ4v) is 0.850. The topological polar surface area (TPSA) is 104 Å². The molecule has 1 unspecified atom stereocenters. The molecule has 1 heterocycles. The lowest BCUT2D eigenvalue weighted by Gasteiger charge is -2.04. The average molecular weight is 175 g/mol. The number of amides is 3. The minimum Gasteiger partial charge on any atom is -0.277 e. The first-order chi connectivity index (χ1) is 5.46. The molecule has 1 saturated heterocycles. The normalized spacial score (nSPS) is 23.7. The Labute approximate surface area is 66.0 Å². The van der Waals surface area contributed by atoms with Gasteiger partial charge in [0, 0.05) is 0 Å². The summed E-state index contributed by atoms with van der Waals surface area (Å²) < 4.78 is 0. The SMILES string of the molecule is CC1C(=O)N(O)C(=O)N1[N+](=O)[O-]. The summed E-state index contributed by atoms with van der Waals surface area (Å²) in [5, 5.41) is 17.5. The zero-order valence-electron chi connectivity index (χ0n) is 6.00. The average Bonchev–Trinajstić information content (AvgIpc) is 2.16. The quantitative estimate of drug-likeness (QED) is 0.243. The Morgan fingerprint density at radius 3 is 2.25 bits per heavy atom. The van der Waals surface area contributed by atoms with Crippen molar-refractivity contribution in [2.45, 2.75) is 13.0 Å². The molecule has 1 aliphatic rings. The molecular weight excluding hydrogens is 170 g/mol. The minimum absolute atomic E-state index is 0.0579. The molecule has 1 rings (SSSR count). The van der Waals surface area contributed by atoms with Crippen molar-refractivity contribution in [3.63, 3.8) is 0 Å². The van der Waals surface area contributed by atoms with Crippen molar-refractivity contribution in [3.8, 4) is 0 Å². The summed E-state index contributed by atoms with van der Waals surface area (Å²) in [5.41, 5.74) is 0. The molecule has 1 fully saturated rings. The molecular formula is C4H5N3O5. The number of nitro groups is 1. The summed E-state index contributed by atoms with van der Waals surface area (Å²) in [4.78, 5) is 31.6. The molecule has 0 spiro atoms. The molecule has 0 radical (unpaired) electrons. The fourth-order valence-electron chi connectivity index (χ4n) is 0.850. The van der Waals surface area contributed by atoms with Gasteiger partial charge in [0.1, 0.15) is 0 Å². The molecule has 0 aromatic rings. The Morgan fingerprint density at radius 1 is 1.58 bits per heavy atom. The highest BCUT2D eigenvalue weighted by Gasteiger charge is 2.50. The number of hydrazine groups is 1. The Kier molecular flexibility index (Phi) is 1.69. The molecule has 8 heteroatoms. The van der Waals surface area contributed by atoms with Crippen molar-refractivity contribution in [1.82, 2.24) is 10.1 Å². The summed E-state index contributed by atoms with van der Waals surface area (Å²) in [6, 6.07) is -2.59. The van der Waals surface area contributed by atoms with E-state index >= 15 is 0 Å². The first kappa shape index (κ1) is 8.40. The van der Waals surface area contributed by atoms with Gasteiger partial charge < -0.3 is 0 Å². The summed E-state index contributed by atoms with van der Waals surface area (Å²) in [6.45, 7) is 1.15. The van der Waals surface area contributed by atoms with Crippen LogP contribution in [-0.4, -0.2) is 38.3 Å². The number of hydroxylamine groups is 2. The van der Waals surface area contributed by atoms with Gasteiger partial charge in [-0.15, -0.1) is 5.06 Å². The van der Waals surface area contributed by atoms with Gasteiger partial charge >= 0.3 is 6.03 Å². The second-order valence-corrected chi connectivity index (χ2v) is 2.19. The van der Waals surface area contributed by atoms with Crippen LogP contribution < -0.4 is 0 Å². The lowest BCUT2D eigenvalue weighted by molar-refractivity contribution is -0.635. The van der Waals surface area contributed by atoms with Crippen molar-refractivity contribution < 1.29 is 19.8 Å². The standard InChI is InChI=1S/C4H5N3O5/c1-2-3(8)6(10)4(9)5(2)7(11)12/h2,10H,1H3. The van der Waals surface area contributed by atoms with Crippen LogP contribution in [0.3, 0.4) is 0 Å². The van der Waals surface area contributed by atoms with Crippen molar-refractivity contribution in [2.75, 3.05) is 0 Å². The predicted octanol–water partition coefficient (Wildman–Crippen LogP) is -0.780. The first-order valence-corrected chi connectivity index (χ1v) is 2.97. The smallest absolute Gasteiger partial charge is 0.277 e. The summed E-state index contributed by atoms with van der Waals surface area (Å²) in [7, 11) is 0. The maximum atomic E-state index is 10.7. The van der Waals surface area contributed by atoms with Crippen LogP contribution in [0.1, 0.15) is 6.92 Å². The van der Waals surface area contributed by atoms with Crippen LogP contribution in [0.25, 0.3) is 0 Å². The zero-order chi connectivity index (χ0) is 9.46. The number of hydrogen-bond acceptors (Lipinski definition) is 5. The molecule has 12 heavy (non-hydrogen) atoms. The van der Waals surface area contributed by atoms with Crippen LogP contribution in [-0.2, 0) is 4.79 Å². The highest BCUT2D eigenvalue weighted by Crippen LogP contribution is 2.14. The largest absolute Gasteiger partial charge is 0.409 e. The molecule has 66 valence electrons. The van der Waals surface area contributed by atoms with Crippen LogP contribution in [0.2, 0.25) is 0 Å². The molecule has 0 bridgehead atoms. The maximum absolute atomic E-state index is 10.7. The van der Waals surface area contributed by atoms with E-state index in [4.69, 9.17) is 5.21 Å².